The Morgan fingerprint density at radius 1 is 0.861 bits per heavy atom. The molecule has 0 aliphatic carbocycles. The monoisotopic (exact) mass is 513 g/mol. The summed E-state index contributed by atoms with van der Waals surface area (Å²) >= 11 is 2.53. The topological polar surface area (TPSA) is 80.7 Å². The van der Waals surface area contributed by atoms with E-state index in [-0.39, 0.29) is 17.5 Å². The van der Waals surface area contributed by atoms with Crippen LogP contribution in [0.15, 0.2) is 96.3 Å². The number of amides is 1. The molecule has 0 radical (unpaired) electrons. The lowest BCUT2D eigenvalue weighted by Gasteiger charge is -2.09. The van der Waals surface area contributed by atoms with Gasteiger partial charge >= 0.3 is 0 Å². The van der Waals surface area contributed by atoms with Gasteiger partial charge in [-0.3, -0.25) is 4.79 Å². The van der Waals surface area contributed by atoms with Crippen molar-refractivity contribution in [2.24, 2.45) is 0 Å². The van der Waals surface area contributed by atoms with Crippen LogP contribution in [0.25, 0.3) is 22.5 Å². The van der Waals surface area contributed by atoms with Gasteiger partial charge in [-0.2, -0.15) is 0 Å². The minimum Gasteiger partial charge on any atom is -0.301 e. The second-order valence-electron chi connectivity index (χ2n) is 7.76. The fourth-order valence-electron chi connectivity index (χ4n) is 3.52. The van der Waals surface area contributed by atoms with Crippen molar-refractivity contribution < 1.29 is 9.18 Å². The Labute approximate surface area is 215 Å². The molecule has 5 aromatic rings. The Bertz CT molecular complexity index is 1480. The minimum absolute atomic E-state index is 0.100. The number of aromatic nitrogens is 4. The van der Waals surface area contributed by atoms with Crippen molar-refractivity contribution in [3.05, 3.63) is 107 Å². The van der Waals surface area contributed by atoms with Gasteiger partial charge < -0.3 is 5.32 Å². The maximum Gasteiger partial charge on any atom is 0.236 e. The van der Waals surface area contributed by atoms with Crippen molar-refractivity contribution in [3.63, 3.8) is 0 Å². The molecular formula is C27H20FN5OS2. The smallest absolute Gasteiger partial charge is 0.236 e. The molecule has 1 N–H and O–H groups in total. The van der Waals surface area contributed by atoms with Crippen molar-refractivity contribution in [2.45, 2.75) is 11.6 Å². The van der Waals surface area contributed by atoms with Crippen LogP contribution in [-0.2, 0) is 11.2 Å². The third kappa shape index (κ3) is 5.81. The number of carbonyl (C=O) groups is 1. The zero-order valence-corrected chi connectivity index (χ0v) is 20.6. The lowest BCUT2D eigenvalue weighted by Crippen LogP contribution is -2.14. The predicted octanol–water partition coefficient (Wildman–Crippen LogP) is 6.12. The summed E-state index contributed by atoms with van der Waals surface area (Å²) in [5.74, 6) is -0.388. The summed E-state index contributed by atoms with van der Waals surface area (Å²) in [6.45, 7) is 0. The van der Waals surface area contributed by atoms with Crippen molar-refractivity contribution in [1.29, 1.82) is 0 Å². The molecule has 3 aromatic carbocycles. The van der Waals surface area contributed by atoms with Crippen LogP contribution in [0, 0.1) is 5.82 Å². The van der Waals surface area contributed by atoms with Gasteiger partial charge in [0.15, 0.2) is 5.13 Å². The minimum atomic E-state index is -0.255. The standard InChI is InChI=1S/C27H20FN5OS2/c28-22-14-8-7-13-20(22)15-21-16-29-26(36-21)30-23(34)17-35-27-31-24(18-9-3-1-4-10-18)25(32-33-27)19-11-5-2-6-12-19/h1-14,16H,15,17H2,(H,29,30,34). The van der Waals surface area contributed by atoms with Crippen LogP contribution in [0.3, 0.4) is 0 Å². The first-order chi connectivity index (χ1) is 17.7. The average molecular weight is 514 g/mol. The van der Waals surface area contributed by atoms with Crippen LogP contribution >= 0.6 is 23.1 Å². The van der Waals surface area contributed by atoms with E-state index in [2.05, 4.69) is 20.5 Å². The Morgan fingerprint density at radius 3 is 2.25 bits per heavy atom. The quantitative estimate of drug-likeness (QED) is 0.252. The maximum atomic E-state index is 13.9. The van der Waals surface area contributed by atoms with Crippen LogP contribution in [0.2, 0.25) is 0 Å². The third-order valence-corrected chi connectivity index (χ3v) is 6.97. The van der Waals surface area contributed by atoms with Gasteiger partial charge in [0.25, 0.3) is 0 Å². The van der Waals surface area contributed by atoms with Gasteiger partial charge in [0.1, 0.15) is 17.2 Å². The Kier molecular flexibility index (Phi) is 7.39. The average Bonchev–Trinajstić information content (AvgIpc) is 3.36. The molecule has 2 heterocycles. The number of hydrogen-bond donors (Lipinski definition) is 1. The number of hydrogen-bond acceptors (Lipinski definition) is 7. The molecule has 6 nitrogen and oxygen atoms in total. The van der Waals surface area contributed by atoms with Gasteiger partial charge in [-0.1, -0.05) is 90.6 Å². The number of carbonyl (C=O) groups excluding carboxylic acids is 1. The van der Waals surface area contributed by atoms with Gasteiger partial charge in [-0.25, -0.2) is 14.4 Å². The van der Waals surface area contributed by atoms with Crippen LogP contribution < -0.4 is 5.32 Å². The molecule has 5 rings (SSSR count). The SMILES string of the molecule is O=C(CSc1nnc(-c2ccccc2)c(-c2ccccc2)n1)Nc1ncc(Cc2ccccc2F)s1. The number of thioether (sulfide) groups is 1. The number of nitrogens with one attached hydrogen (secondary N) is 1. The predicted molar refractivity (Wildman–Crippen MR) is 141 cm³/mol. The maximum absolute atomic E-state index is 13.9. The zero-order valence-electron chi connectivity index (χ0n) is 19.0. The molecule has 0 aliphatic rings. The van der Waals surface area contributed by atoms with Gasteiger partial charge in [0.05, 0.1) is 5.75 Å². The summed E-state index contributed by atoms with van der Waals surface area (Å²) in [4.78, 5) is 22.4. The second kappa shape index (κ2) is 11.2. The van der Waals surface area contributed by atoms with Crippen molar-refractivity contribution in [1.82, 2.24) is 20.2 Å². The van der Waals surface area contributed by atoms with Crippen LogP contribution in [0.4, 0.5) is 9.52 Å². The molecule has 0 atom stereocenters. The molecule has 0 fully saturated rings. The lowest BCUT2D eigenvalue weighted by atomic mass is 10.0. The summed E-state index contributed by atoms with van der Waals surface area (Å²) in [5, 5.41) is 12.4. The second-order valence-corrected chi connectivity index (χ2v) is 9.82. The Hall–Kier alpha value is -3.95. The summed E-state index contributed by atoms with van der Waals surface area (Å²) in [7, 11) is 0. The van der Waals surface area contributed by atoms with Gasteiger partial charge in [-0.15, -0.1) is 21.5 Å². The van der Waals surface area contributed by atoms with Gasteiger partial charge in [0, 0.05) is 28.6 Å². The number of nitrogens with zero attached hydrogens (tertiary/aromatic N) is 4. The van der Waals surface area contributed by atoms with Crippen molar-refractivity contribution in [3.8, 4) is 22.5 Å². The van der Waals surface area contributed by atoms with E-state index in [4.69, 9.17) is 4.98 Å². The molecule has 0 bridgehead atoms. The summed E-state index contributed by atoms with van der Waals surface area (Å²) < 4.78 is 13.9. The van der Waals surface area contributed by atoms with Crippen LogP contribution in [0.1, 0.15) is 10.4 Å². The molecule has 0 unspecified atom stereocenters. The van der Waals surface area contributed by atoms with E-state index in [9.17, 15) is 9.18 Å². The first-order valence-electron chi connectivity index (χ1n) is 11.1. The highest BCUT2D eigenvalue weighted by Gasteiger charge is 2.15. The van der Waals surface area contributed by atoms with Crippen LogP contribution in [0.5, 0.6) is 0 Å². The lowest BCUT2D eigenvalue weighted by molar-refractivity contribution is -0.113. The van der Waals surface area contributed by atoms with E-state index in [1.165, 1.54) is 29.2 Å². The third-order valence-electron chi connectivity index (χ3n) is 5.22. The van der Waals surface area contributed by atoms with Gasteiger partial charge in [0.2, 0.25) is 11.1 Å². The molecule has 178 valence electrons. The highest BCUT2D eigenvalue weighted by Crippen LogP contribution is 2.30. The molecule has 0 saturated heterocycles. The van der Waals surface area contributed by atoms with E-state index in [1.54, 1.807) is 24.4 Å². The summed E-state index contributed by atoms with van der Waals surface area (Å²) in [5.41, 5.74) is 3.81. The summed E-state index contributed by atoms with van der Waals surface area (Å²) in [6, 6.07) is 26.2. The largest absolute Gasteiger partial charge is 0.301 e. The first-order valence-corrected chi connectivity index (χ1v) is 12.9. The van der Waals surface area contributed by atoms with Crippen molar-refractivity contribution in [2.75, 3.05) is 11.1 Å². The number of thiazole rings is 1. The van der Waals surface area contributed by atoms with Crippen molar-refractivity contribution >= 4 is 34.1 Å². The van der Waals surface area contributed by atoms with E-state index < -0.39 is 0 Å². The molecular weight excluding hydrogens is 493 g/mol. The molecule has 0 aliphatic heterocycles. The number of rotatable bonds is 8. The Balaban J connectivity index is 1.26. The first kappa shape index (κ1) is 23.8. The van der Waals surface area contributed by atoms with Crippen LogP contribution in [-0.4, -0.2) is 31.8 Å². The van der Waals surface area contributed by atoms with E-state index >= 15 is 0 Å². The Morgan fingerprint density at radius 2 is 1.53 bits per heavy atom. The zero-order chi connectivity index (χ0) is 24.7. The number of benzene rings is 3. The molecule has 0 saturated carbocycles. The normalized spacial score (nSPS) is 10.8. The molecule has 36 heavy (non-hydrogen) atoms. The highest BCUT2D eigenvalue weighted by molar-refractivity contribution is 7.99. The fraction of sp³-hybridized carbons (Fsp3) is 0.0741. The summed E-state index contributed by atoms with van der Waals surface area (Å²) in [6.07, 6.45) is 2.08. The molecule has 1 amide bonds. The molecule has 0 spiro atoms. The van der Waals surface area contributed by atoms with Gasteiger partial charge in [-0.05, 0) is 11.6 Å². The van der Waals surface area contributed by atoms with E-state index in [0.717, 1.165) is 16.0 Å². The van der Waals surface area contributed by atoms with E-state index in [1.807, 2.05) is 60.7 Å². The fourth-order valence-corrected chi connectivity index (χ4v) is 4.96. The molecule has 2 aromatic heterocycles. The highest BCUT2D eigenvalue weighted by atomic mass is 32.2. The van der Waals surface area contributed by atoms with E-state index in [0.29, 0.717) is 33.7 Å². The number of halogens is 1. The number of anilines is 1. The molecule has 9 heteroatoms.